The second kappa shape index (κ2) is 7.59. The highest BCUT2D eigenvalue weighted by Gasteiger charge is 2.32. The molecule has 2 unspecified atom stereocenters. The average Bonchev–Trinajstić information content (AvgIpc) is 2.90. The Kier molecular flexibility index (Phi) is 5.79. The molecule has 20 heavy (non-hydrogen) atoms. The maximum Gasteiger partial charge on any atom is 0.119 e. The molecule has 2 N–H and O–H groups in total. The van der Waals surface area contributed by atoms with Crippen molar-refractivity contribution < 1.29 is 14.2 Å². The predicted octanol–water partition coefficient (Wildman–Crippen LogP) is 0.870. The number of methoxy groups -OCH3 is 2. The van der Waals surface area contributed by atoms with Crippen LogP contribution in [0, 0.1) is 0 Å². The summed E-state index contributed by atoms with van der Waals surface area (Å²) >= 11 is 0. The summed E-state index contributed by atoms with van der Waals surface area (Å²) in [7, 11) is 3.46. The lowest BCUT2D eigenvalue weighted by Gasteiger charge is -2.15. The van der Waals surface area contributed by atoms with Crippen molar-refractivity contribution in [2.24, 2.45) is 5.73 Å². The van der Waals surface area contributed by atoms with Gasteiger partial charge in [-0.15, -0.1) is 0 Å². The molecule has 5 heteroatoms. The molecule has 0 bridgehead atoms. The smallest absolute Gasteiger partial charge is 0.119 e. The standard InChI is InChI=1S/C15H24N2O3/c1-18-14-10-17(11-15(14)19-2)7-8-20-13-5-3-12(9-16)4-6-13/h3-6,14-15H,7-11,16H2,1-2H3. The van der Waals surface area contributed by atoms with Gasteiger partial charge in [-0.05, 0) is 17.7 Å². The maximum absolute atomic E-state index is 5.74. The normalized spacial score (nSPS) is 23.1. The third kappa shape index (κ3) is 3.93. The van der Waals surface area contributed by atoms with Crippen LogP contribution in [0.2, 0.25) is 0 Å². The molecule has 1 aliphatic rings. The number of benzene rings is 1. The van der Waals surface area contributed by atoms with Crippen LogP contribution in [0.3, 0.4) is 0 Å². The lowest BCUT2D eigenvalue weighted by molar-refractivity contribution is -0.00461. The van der Waals surface area contributed by atoms with Gasteiger partial charge in [-0.1, -0.05) is 12.1 Å². The SMILES string of the molecule is COC1CN(CCOc2ccc(CN)cc2)CC1OC. The van der Waals surface area contributed by atoms with Gasteiger partial charge in [-0.25, -0.2) is 0 Å². The molecule has 0 saturated carbocycles. The first-order valence-corrected chi connectivity index (χ1v) is 6.96. The highest BCUT2D eigenvalue weighted by atomic mass is 16.5. The van der Waals surface area contributed by atoms with Gasteiger partial charge in [-0.2, -0.15) is 0 Å². The third-order valence-corrected chi connectivity index (χ3v) is 3.73. The summed E-state index contributed by atoms with van der Waals surface area (Å²) in [6.45, 7) is 3.88. The Bertz CT molecular complexity index is 385. The zero-order valence-corrected chi connectivity index (χ0v) is 12.2. The average molecular weight is 280 g/mol. The first-order chi connectivity index (χ1) is 9.76. The van der Waals surface area contributed by atoms with Crippen molar-refractivity contribution in [2.75, 3.05) is 40.5 Å². The van der Waals surface area contributed by atoms with Crippen molar-refractivity contribution in [2.45, 2.75) is 18.8 Å². The van der Waals surface area contributed by atoms with Gasteiger partial charge in [-0.3, -0.25) is 4.90 Å². The Labute approximate surface area is 120 Å². The van der Waals surface area contributed by atoms with Crippen LogP contribution in [0.15, 0.2) is 24.3 Å². The minimum Gasteiger partial charge on any atom is -0.492 e. The van der Waals surface area contributed by atoms with E-state index in [0.29, 0.717) is 13.2 Å². The fraction of sp³-hybridized carbons (Fsp3) is 0.600. The van der Waals surface area contributed by atoms with Crippen LogP contribution in [0.5, 0.6) is 5.75 Å². The molecule has 1 saturated heterocycles. The Balaban J connectivity index is 1.73. The van der Waals surface area contributed by atoms with Gasteiger partial charge in [0.15, 0.2) is 0 Å². The molecule has 0 amide bonds. The summed E-state index contributed by atoms with van der Waals surface area (Å²) in [6, 6.07) is 7.91. The monoisotopic (exact) mass is 280 g/mol. The molecule has 0 aromatic heterocycles. The van der Waals surface area contributed by atoms with E-state index >= 15 is 0 Å². The van der Waals surface area contributed by atoms with E-state index in [1.807, 2.05) is 24.3 Å². The van der Waals surface area contributed by atoms with Gasteiger partial charge in [0, 0.05) is 40.4 Å². The van der Waals surface area contributed by atoms with Crippen molar-refractivity contribution in [3.05, 3.63) is 29.8 Å². The Morgan fingerprint density at radius 3 is 2.20 bits per heavy atom. The molecule has 2 atom stereocenters. The molecule has 0 radical (unpaired) electrons. The van der Waals surface area contributed by atoms with E-state index in [2.05, 4.69) is 4.90 Å². The van der Waals surface area contributed by atoms with Crippen LogP contribution in [0.25, 0.3) is 0 Å². The number of hydrogen-bond donors (Lipinski definition) is 1. The predicted molar refractivity (Wildman–Crippen MR) is 77.9 cm³/mol. The van der Waals surface area contributed by atoms with Crippen molar-refractivity contribution in [3.63, 3.8) is 0 Å². The van der Waals surface area contributed by atoms with E-state index in [0.717, 1.165) is 30.9 Å². The van der Waals surface area contributed by atoms with Gasteiger partial charge >= 0.3 is 0 Å². The van der Waals surface area contributed by atoms with Crippen LogP contribution in [0.4, 0.5) is 0 Å². The quantitative estimate of drug-likeness (QED) is 0.803. The molecule has 1 heterocycles. The summed E-state index contributed by atoms with van der Waals surface area (Å²) in [4.78, 5) is 2.30. The van der Waals surface area contributed by atoms with Crippen LogP contribution in [0.1, 0.15) is 5.56 Å². The maximum atomic E-state index is 5.74. The van der Waals surface area contributed by atoms with Crippen molar-refractivity contribution in [3.8, 4) is 5.75 Å². The Morgan fingerprint density at radius 1 is 1.10 bits per heavy atom. The largest absolute Gasteiger partial charge is 0.492 e. The zero-order valence-electron chi connectivity index (χ0n) is 12.2. The fourth-order valence-corrected chi connectivity index (χ4v) is 2.47. The second-order valence-electron chi connectivity index (χ2n) is 5.00. The lowest BCUT2D eigenvalue weighted by atomic mass is 10.2. The Hall–Kier alpha value is -1.14. The van der Waals surface area contributed by atoms with E-state index in [9.17, 15) is 0 Å². The van der Waals surface area contributed by atoms with Crippen LogP contribution in [-0.2, 0) is 16.0 Å². The number of ether oxygens (including phenoxy) is 3. The highest BCUT2D eigenvalue weighted by Crippen LogP contribution is 2.16. The Morgan fingerprint density at radius 2 is 1.70 bits per heavy atom. The fourth-order valence-electron chi connectivity index (χ4n) is 2.47. The summed E-state index contributed by atoms with van der Waals surface area (Å²) in [5.41, 5.74) is 6.68. The minimum atomic E-state index is 0.156. The van der Waals surface area contributed by atoms with Crippen molar-refractivity contribution in [1.29, 1.82) is 0 Å². The topological polar surface area (TPSA) is 57.0 Å². The molecule has 2 rings (SSSR count). The summed E-state index contributed by atoms with van der Waals surface area (Å²) in [5.74, 6) is 0.882. The zero-order chi connectivity index (χ0) is 14.4. The molecule has 1 fully saturated rings. The molecule has 1 aliphatic heterocycles. The third-order valence-electron chi connectivity index (χ3n) is 3.73. The number of nitrogens with zero attached hydrogens (tertiary/aromatic N) is 1. The van der Waals surface area contributed by atoms with Crippen LogP contribution < -0.4 is 10.5 Å². The number of hydrogen-bond acceptors (Lipinski definition) is 5. The molecule has 112 valence electrons. The van der Waals surface area contributed by atoms with Crippen molar-refractivity contribution in [1.82, 2.24) is 4.90 Å². The van der Waals surface area contributed by atoms with E-state index < -0.39 is 0 Å². The van der Waals surface area contributed by atoms with E-state index in [1.54, 1.807) is 14.2 Å². The van der Waals surface area contributed by atoms with Gasteiger partial charge in [0.25, 0.3) is 0 Å². The number of likely N-dealkylation sites (tertiary alicyclic amines) is 1. The van der Waals surface area contributed by atoms with Gasteiger partial charge < -0.3 is 19.9 Å². The summed E-state index contributed by atoms with van der Waals surface area (Å²) in [6.07, 6.45) is 0.313. The second-order valence-corrected chi connectivity index (χ2v) is 5.00. The minimum absolute atomic E-state index is 0.156. The number of nitrogens with two attached hydrogens (primary N) is 1. The molecule has 0 spiro atoms. The molecule has 0 aliphatic carbocycles. The first-order valence-electron chi connectivity index (χ1n) is 6.96. The van der Waals surface area contributed by atoms with E-state index in [-0.39, 0.29) is 12.2 Å². The lowest BCUT2D eigenvalue weighted by Crippen LogP contribution is -2.27. The molecule has 1 aromatic rings. The molecule has 1 aromatic carbocycles. The first kappa shape index (κ1) is 15.3. The number of rotatable bonds is 7. The van der Waals surface area contributed by atoms with Crippen LogP contribution in [-0.4, -0.2) is 57.6 Å². The van der Waals surface area contributed by atoms with E-state index in [4.69, 9.17) is 19.9 Å². The molecular formula is C15H24N2O3. The van der Waals surface area contributed by atoms with Gasteiger partial charge in [0.05, 0.1) is 12.2 Å². The van der Waals surface area contributed by atoms with Crippen molar-refractivity contribution >= 4 is 0 Å². The highest BCUT2D eigenvalue weighted by molar-refractivity contribution is 5.27. The van der Waals surface area contributed by atoms with E-state index in [1.165, 1.54) is 0 Å². The van der Waals surface area contributed by atoms with Gasteiger partial charge in [0.2, 0.25) is 0 Å². The van der Waals surface area contributed by atoms with Crippen LogP contribution >= 0.6 is 0 Å². The summed E-state index contributed by atoms with van der Waals surface area (Å²) < 4.78 is 16.6. The summed E-state index contributed by atoms with van der Waals surface area (Å²) in [5, 5.41) is 0. The van der Waals surface area contributed by atoms with Gasteiger partial charge in [0.1, 0.15) is 12.4 Å². The molecule has 5 nitrogen and oxygen atoms in total. The molecular weight excluding hydrogens is 256 g/mol.